The Bertz CT molecular complexity index is 1300. The van der Waals surface area contributed by atoms with Gasteiger partial charge < -0.3 is 24.1 Å². The van der Waals surface area contributed by atoms with Gasteiger partial charge in [0.1, 0.15) is 0 Å². The van der Waals surface area contributed by atoms with Crippen molar-refractivity contribution in [2.45, 2.75) is 19.5 Å². The summed E-state index contributed by atoms with van der Waals surface area (Å²) in [4.78, 5) is 14.0. The van der Waals surface area contributed by atoms with E-state index in [9.17, 15) is 0 Å². The molecule has 0 saturated carbocycles. The van der Waals surface area contributed by atoms with Crippen LogP contribution in [0, 0.1) is 0 Å². The molecule has 10 heteroatoms. The van der Waals surface area contributed by atoms with Crippen molar-refractivity contribution in [2.24, 2.45) is 0 Å². The minimum absolute atomic E-state index is 0.542. The molecule has 0 radical (unpaired) electrons. The molecule has 4 heterocycles. The molecule has 1 aliphatic heterocycles. The number of nitrogens with one attached hydrogen (secondary N) is 1. The Hall–Kier alpha value is -3.63. The highest BCUT2D eigenvalue weighted by atomic mass is 16.5. The maximum absolute atomic E-state index is 5.55. The molecule has 0 saturated heterocycles. The Kier molecular flexibility index (Phi) is 6.56. The summed E-state index contributed by atoms with van der Waals surface area (Å²) >= 11 is 0. The Morgan fingerprint density at radius 3 is 2.66 bits per heavy atom. The summed E-state index contributed by atoms with van der Waals surface area (Å²) in [5.41, 5.74) is 4.33. The predicted molar refractivity (Wildman–Crippen MR) is 133 cm³/mol. The van der Waals surface area contributed by atoms with Crippen LogP contribution < -0.4 is 14.8 Å². The molecule has 4 aromatic rings. The fourth-order valence-corrected chi connectivity index (χ4v) is 4.37. The number of ether oxygens (including phenoxy) is 2. The lowest BCUT2D eigenvalue weighted by molar-refractivity contribution is 0.244. The molecule has 184 valence electrons. The number of nitrogens with zero attached hydrogens (tertiary/aromatic N) is 6. The van der Waals surface area contributed by atoms with E-state index in [1.807, 2.05) is 32.4 Å². The molecule has 0 spiro atoms. The Morgan fingerprint density at radius 1 is 1.14 bits per heavy atom. The minimum Gasteiger partial charge on any atom is -0.493 e. The van der Waals surface area contributed by atoms with E-state index in [2.05, 4.69) is 27.2 Å². The molecule has 0 atom stereocenters. The van der Waals surface area contributed by atoms with Gasteiger partial charge in [0.25, 0.3) is 0 Å². The van der Waals surface area contributed by atoms with Crippen molar-refractivity contribution in [3.63, 3.8) is 0 Å². The standard InChI is InChI=1S/C25H31N7O3/c1-30(2)10-8-26-25-27-14-19(24-28-23(29-32(24)25)20-6-5-11-35-20)16-31-9-7-17-12-21(33-3)22(34-4)13-18(17)15-31/h5-6,11-14H,7-10,15-16H2,1-4H3,(H,26,27). The molecule has 5 rings (SSSR count). The van der Waals surface area contributed by atoms with E-state index in [1.54, 1.807) is 25.0 Å². The number of fused-ring (bicyclic) bond motifs is 2. The van der Waals surface area contributed by atoms with Gasteiger partial charge in [0.2, 0.25) is 11.8 Å². The predicted octanol–water partition coefficient (Wildman–Crippen LogP) is 2.93. The van der Waals surface area contributed by atoms with Gasteiger partial charge in [0, 0.05) is 44.5 Å². The molecule has 0 bridgehead atoms. The number of hydrogen-bond donors (Lipinski definition) is 1. The lowest BCUT2D eigenvalue weighted by atomic mass is 9.98. The first-order valence-electron chi connectivity index (χ1n) is 11.7. The van der Waals surface area contributed by atoms with E-state index in [0.29, 0.717) is 24.1 Å². The Labute approximate surface area is 204 Å². The molecular formula is C25H31N7O3. The summed E-state index contributed by atoms with van der Waals surface area (Å²) in [6.07, 6.45) is 4.47. The van der Waals surface area contributed by atoms with Gasteiger partial charge in [-0.3, -0.25) is 4.90 Å². The summed E-state index contributed by atoms with van der Waals surface area (Å²) in [7, 11) is 7.43. The van der Waals surface area contributed by atoms with E-state index in [1.165, 1.54) is 11.1 Å². The second-order valence-electron chi connectivity index (χ2n) is 8.92. The SMILES string of the molecule is COc1cc2c(cc1OC)CN(Cc1cnc(NCCN(C)C)n3nc(-c4ccco4)nc13)CC2. The second kappa shape index (κ2) is 9.93. The summed E-state index contributed by atoms with van der Waals surface area (Å²) in [6.45, 7) is 4.07. The fourth-order valence-electron chi connectivity index (χ4n) is 4.37. The summed E-state index contributed by atoms with van der Waals surface area (Å²) in [5, 5.41) is 8.09. The van der Waals surface area contributed by atoms with Crippen molar-refractivity contribution in [2.75, 3.05) is 53.3 Å². The van der Waals surface area contributed by atoms with Crippen molar-refractivity contribution in [3.8, 4) is 23.1 Å². The van der Waals surface area contributed by atoms with E-state index in [-0.39, 0.29) is 0 Å². The lowest BCUT2D eigenvalue weighted by Crippen LogP contribution is -2.30. The number of hydrogen-bond acceptors (Lipinski definition) is 9. The van der Waals surface area contributed by atoms with Crippen molar-refractivity contribution >= 4 is 11.6 Å². The first kappa shape index (κ1) is 23.1. The maximum Gasteiger partial charge on any atom is 0.225 e. The number of likely N-dealkylation sites (N-methyl/N-ethyl adjacent to an activating group) is 1. The molecule has 1 aromatic carbocycles. The van der Waals surface area contributed by atoms with Crippen LogP contribution in [0.3, 0.4) is 0 Å². The largest absolute Gasteiger partial charge is 0.493 e. The van der Waals surface area contributed by atoms with E-state index < -0.39 is 0 Å². The minimum atomic E-state index is 0.542. The smallest absolute Gasteiger partial charge is 0.225 e. The van der Waals surface area contributed by atoms with Gasteiger partial charge in [-0.1, -0.05) is 0 Å². The number of methoxy groups -OCH3 is 2. The summed E-state index contributed by atoms with van der Waals surface area (Å²) in [5.74, 6) is 3.37. The lowest BCUT2D eigenvalue weighted by Gasteiger charge is -2.29. The summed E-state index contributed by atoms with van der Waals surface area (Å²) in [6, 6.07) is 7.88. The highest BCUT2D eigenvalue weighted by Crippen LogP contribution is 2.33. The number of rotatable bonds is 9. The summed E-state index contributed by atoms with van der Waals surface area (Å²) < 4.78 is 18.3. The molecule has 1 aliphatic rings. The molecule has 35 heavy (non-hydrogen) atoms. The van der Waals surface area contributed by atoms with Gasteiger partial charge >= 0.3 is 0 Å². The number of furan rings is 1. The first-order valence-corrected chi connectivity index (χ1v) is 11.7. The van der Waals surface area contributed by atoms with Crippen LogP contribution in [0.5, 0.6) is 11.5 Å². The zero-order valence-corrected chi connectivity index (χ0v) is 20.6. The van der Waals surface area contributed by atoms with Crippen molar-refractivity contribution in [1.29, 1.82) is 0 Å². The normalized spacial score (nSPS) is 13.9. The van der Waals surface area contributed by atoms with E-state index in [0.717, 1.165) is 55.3 Å². The van der Waals surface area contributed by atoms with Crippen LogP contribution in [0.4, 0.5) is 5.95 Å². The molecule has 0 aliphatic carbocycles. The average molecular weight is 478 g/mol. The average Bonchev–Trinajstić information content (AvgIpc) is 3.54. The van der Waals surface area contributed by atoms with Crippen molar-refractivity contribution in [1.82, 2.24) is 29.4 Å². The van der Waals surface area contributed by atoms with Crippen molar-refractivity contribution in [3.05, 3.63) is 53.4 Å². The monoisotopic (exact) mass is 477 g/mol. The molecule has 0 unspecified atom stereocenters. The highest BCUT2D eigenvalue weighted by molar-refractivity contribution is 5.58. The van der Waals surface area contributed by atoms with E-state index in [4.69, 9.17) is 29.0 Å². The molecule has 1 N–H and O–H groups in total. The van der Waals surface area contributed by atoms with Crippen LogP contribution in [0.2, 0.25) is 0 Å². The van der Waals surface area contributed by atoms with Crippen LogP contribution >= 0.6 is 0 Å². The van der Waals surface area contributed by atoms with Gasteiger partial charge in [-0.15, -0.1) is 5.10 Å². The third-order valence-electron chi connectivity index (χ3n) is 6.21. The van der Waals surface area contributed by atoms with Crippen LogP contribution in [-0.4, -0.2) is 77.3 Å². The fraction of sp³-hybridized carbons (Fsp3) is 0.400. The number of benzene rings is 1. The molecule has 0 amide bonds. The molecular weight excluding hydrogens is 446 g/mol. The molecule has 10 nitrogen and oxygen atoms in total. The molecule has 0 fully saturated rings. The maximum atomic E-state index is 5.55. The first-order chi connectivity index (χ1) is 17.1. The van der Waals surface area contributed by atoms with E-state index >= 15 is 0 Å². The third-order valence-corrected chi connectivity index (χ3v) is 6.21. The van der Waals surface area contributed by atoms with Crippen LogP contribution in [0.1, 0.15) is 16.7 Å². The quantitative estimate of drug-likeness (QED) is 0.390. The van der Waals surface area contributed by atoms with Gasteiger partial charge in [0.15, 0.2) is 22.9 Å². The highest BCUT2D eigenvalue weighted by Gasteiger charge is 2.22. The Morgan fingerprint density at radius 2 is 1.94 bits per heavy atom. The second-order valence-corrected chi connectivity index (χ2v) is 8.92. The van der Waals surface area contributed by atoms with Crippen LogP contribution in [-0.2, 0) is 19.5 Å². The number of aromatic nitrogens is 4. The van der Waals surface area contributed by atoms with Gasteiger partial charge in [0.05, 0.1) is 20.5 Å². The topological polar surface area (TPSA) is 93.2 Å². The van der Waals surface area contributed by atoms with Gasteiger partial charge in [-0.05, 0) is 55.9 Å². The van der Waals surface area contributed by atoms with Gasteiger partial charge in [-0.25, -0.2) is 9.97 Å². The Balaban J connectivity index is 1.43. The zero-order valence-electron chi connectivity index (χ0n) is 20.6. The van der Waals surface area contributed by atoms with Crippen molar-refractivity contribution < 1.29 is 13.9 Å². The van der Waals surface area contributed by atoms with Crippen LogP contribution in [0.25, 0.3) is 17.2 Å². The zero-order chi connectivity index (χ0) is 24.4. The number of anilines is 1. The molecule has 3 aromatic heterocycles. The van der Waals surface area contributed by atoms with Crippen LogP contribution in [0.15, 0.2) is 41.1 Å². The van der Waals surface area contributed by atoms with Gasteiger partial charge in [-0.2, -0.15) is 4.52 Å². The third kappa shape index (κ3) is 4.80.